The molecule has 2 N–H and O–H groups in total. The SMILES string of the molecule is N#CCCCCNC(=O)C1CCNc2ccccc21. The highest BCUT2D eigenvalue weighted by Gasteiger charge is 2.25. The van der Waals surface area contributed by atoms with E-state index in [-0.39, 0.29) is 11.8 Å². The Balaban J connectivity index is 1.89. The Morgan fingerprint density at radius 3 is 3.11 bits per heavy atom. The zero-order valence-electron chi connectivity index (χ0n) is 11.0. The summed E-state index contributed by atoms with van der Waals surface area (Å²) in [5, 5.41) is 14.7. The van der Waals surface area contributed by atoms with Crippen molar-refractivity contribution in [1.29, 1.82) is 5.26 Å². The molecule has 100 valence electrons. The van der Waals surface area contributed by atoms with Crippen molar-refractivity contribution in [3.8, 4) is 6.07 Å². The van der Waals surface area contributed by atoms with Crippen LogP contribution in [-0.4, -0.2) is 19.0 Å². The van der Waals surface area contributed by atoms with Crippen LogP contribution in [-0.2, 0) is 4.79 Å². The lowest BCUT2D eigenvalue weighted by atomic mass is 9.90. The maximum Gasteiger partial charge on any atom is 0.227 e. The van der Waals surface area contributed by atoms with Crippen LogP contribution in [0.15, 0.2) is 24.3 Å². The van der Waals surface area contributed by atoms with Gasteiger partial charge in [-0.1, -0.05) is 18.2 Å². The van der Waals surface area contributed by atoms with Gasteiger partial charge in [0.05, 0.1) is 12.0 Å². The van der Waals surface area contributed by atoms with Gasteiger partial charge in [-0.05, 0) is 30.9 Å². The monoisotopic (exact) mass is 257 g/mol. The number of nitrogens with one attached hydrogen (secondary N) is 2. The minimum absolute atomic E-state index is 0.0478. The maximum atomic E-state index is 12.2. The molecule has 1 aliphatic heterocycles. The van der Waals surface area contributed by atoms with Gasteiger partial charge in [-0.15, -0.1) is 0 Å². The lowest BCUT2D eigenvalue weighted by molar-refractivity contribution is -0.122. The number of carbonyl (C=O) groups is 1. The highest BCUT2D eigenvalue weighted by Crippen LogP contribution is 2.31. The van der Waals surface area contributed by atoms with Gasteiger partial charge in [-0.25, -0.2) is 0 Å². The molecule has 4 nitrogen and oxygen atoms in total. The van der Waals surface area contributed by atoms with Crippen molar-refractivity contribution in [2.45, 2.75) is 31.6 Å². The van der Waals surface area contributed by atoms with Gasteiger partial charge in [0.1, 0.15) is 0 Å². The molecule has 2 rings (SSSR count). The van der Waals surface area contributed by atoms with Gasteiger partial charge in [-0.2, -0.15) is 5.26 Å². The molecule has 1 amide bonds. The molecule has 1 heterocycles. The summed E-state index contributed by atoms with van der Waals surface area (Å²) in [5.74, 6) is 0.0549. The average molecular weight is 257 g/mol. The summed E-state index contributed by atoms with van der Waals surface area (Å²) < 4.78 is 0. The molecule has 0 saturated carbocycles. The number of fused-ring (bicyclic) bond motifs is 1. The van der Waals surface area contributed by atoms with Crippen molar-refractivity contribution in [1.82, 2.24) is 5.32 Å². The highest BCUT2D eigenvalue weighted by molar-refractivity contribution is 5.86. The first-order chi connectivity index (χ1) is 9.33. The van der Waals surface area contributed by atoms with Gasteiger partial charge in [0.25, 0.3) is 0 Å². The van der Waals surface area contributed by atoms with Crippen molar-refractivity contribution >= 4 is 11.6 Å². The van der Waals surface area contributed by atoms with E-state index in [1.165, 1.54) is 0 Å². The first-order valence-electron chi connectivity index (χ1n) is 6.80. The van der Waals surface area contributed by atoms with Crippen LogP contribution in [0.2, 0.25) is 0 Å². The third kappa shape index (κ3) is 3.47. The van der Waals surface area contributed by atoms with E-state index in [2.05, 4.69) is 16.7 Å². The summed E-state index contributed by atoms with van der Waals surface area (Å²) in [4.78, 5) is 12.2. The molecule has 1 aromatic carbocycles. The number of hydrogen-bond acceptors (Lipinski definition) is 3. The fraction of sp³-hybridized carbons (Fsp3) is 0.467. The zero-order chi connectivity index (χ0) is 13.5. The standard InChI is InChI=1S/C15H19N3O/c16-9-4-1-5-10-18-15(19)13-8-11-17-14-7-3-2-6-12(13)14/h2-3,6-7,13,17H,1,4-5,8,10-11H2,(H,18,19). The molecule has 0 spiro atoms. The number of para-hydroxylation sites is 1. The largest absolute Gasteiger partial charge is 0.385 e. The van der Waals surface area contributed by atoms with E-state index in [1.54, 1.807) is 0 Å². The van der Waals surface area contributed by atoms with E-state index in [0.717, 1.165) is 37.1 Å². The van der Waals surface area contributed by atoms with Gasteiger partial charge in [0.15, 0.2) is 0 Å². The second kappa shape index (κ2) is 6.79. The number of hydrogen-bond donors (Lipinski definition) is 2. The predicted molar refractivity (Wildman–Crippen MR) is 74.8 cm³/mol. The van der Waals surface area contributed by atoms with Crippen LogP contribution in [0, 0.1) is 11.3 Å². The molecule has 1 unspecified atom stereocenters. The fourth-order valence-electron chi connectivity index (χ4n) is 2.40. The number of nitriles is 1. The molecule has 0 aliphatic carbocycles. The predicted octanol–water partition coefficient (Wildman–Crippen LogP) is 2.40. The van der Waals surface area contributed by atoms with E-state index < -0.39 is 0 Å². The smallest absolute Gasteiger partial charge is 0.227 e. The summed E-state index contributed by atoms with van der Waals surface area (Å²) >= 11 is 0. The molecule has 0 fully saturated rings. The molecule has 1 aliphatic rings. The molecular weight excluding hydrogens is 238 g/mol. The molecule has 0 radical (unpaired) electrons. The van der Waals surface area contributed by atoms with Crippen LogP contribution >= 0.6 is 0 Å². The van der Waals surface area contributed by atoms with Crippen molar-refractivity contribution in [3.05, 3.63) is 29.8 Å². The van der Waals surface area contributed by atoms with E-state index in [0.29, 0.717) is 13.0 Å². The molecular formula is C15H19N3O. The first-order valence-corrected chi connectivity index (χ1v) is 6.80. The summed E-state index contributed by atoms with van der Waals surface area (Å²) in [5.41, 5.74) is 2.15. The lowest BCUT2D eigenvalue weighted by Gasteiger charge is -2.25. The quantitative estimate of drug-likeness (QED) is 0.796. The zero-order valence-corrected chi connectivity index (χ0v) is 11.0. The van der Waals surface area contributed by atoms with Gasteiger partial charge >= 0.3 is 0 Å². The second-order valence-corrected chi connectivity index (χ2v) is 4.76. The van der Waals surface area contributed by atoms with Crippen molar-refractivity contribution in [3.63, 3.8) is 0 Å². The minimum atomic E-state index is -0.0478. The minimum Gasteiger partial charge on any atom is -0.385 e. The third-order valence-corrected chi connectivity index (χ3v) is 3.42. The van der Waals surface area contributed by atoms with Crippen LogP contribution in [0.4, 0.5) is 5.69 Å². The topological polar surface area (TPSA) is 64.9 Å². The van der Waals surface area contributed by atoms with Gasteiger partial charge in [-0.3, -0.25) is 4.79 Å². The maximum absolute atomic E-state index is 12.2. The molecule has 0 bridgehead atoms. The van der Waals surface area contributed by atoms with E-state index in [4.69, 9.17) is 5.26 Å². The van der Waals surface area contributed by atoms with Crippen molar-refractivity contribution in [2.24, 2.45) is 0 Å². The molecule has 1 aromatic rings. The number of carbonyl (C=O) groups excluding carboxylic acids is 1. The van der Waals surface area contributed by atoms with E-state index in [1.807, 2.05) is 24.3 Å². The van der Waals surface area contributed by atoms with Crippen LogP contribution in [0.1, 0.15) is 37.2 Å². The number of unbranched alkanes of at least 4 members (excludes halogenated alkanes) is 2. The fourth-order valence-corrected chi connectivity index (χ4v) is 2.40. The summed E-state index contributed by atoms with van der Waals surface area (Å²) in [6.07, 6.45) is 3.11. The Kier molecular flexibility index (Phi) is 4.79. The number of rotatable bonds is 5. The summed E-state index contributed by atoms with van der Waals surface area (Å²) in [6.45, 7) is 1.50. The van der Waals surface area contributed by atoms with Gasteiger partial charge < -0.3 is 10.6 Å². The van der Waals surface area contributed by atoms with Crippen LogP contribution < -0.4 is 10.6 Å². The molecule has 1 atom stereocenters. The molecule has 0 aromatic heterocycles. The summed E-state index contributed by atoms with van der Waals surface area (Å²) in [6, 6.07) is 10.1. The van der Waals surface area contributed by atoms with E-state index >= 15 is 0 Å². The lowest BCUT2D eigenvalue weighted by Crippen LogP contribution is -2.33. The van der Waals surface area contributed by atoms with Crippen LogP contribution in [0.5, 0.6) is 0 Å². The Bertz CT molecular complexity index is 479. The van der Waals surface area contributed by atoms with Gasteiger partial charge in [0.2, 0.25) is 5.91 Å². The van der Waals surface area contributed by atoms with E-state index in [9.17, 15) is 4.79 Å². The van der Waals surface area contributed by atoms with Crippen LogP contribution in [0.3, 0.4) is 0 Å². The van der Waals surface area contributed by atoms with Crippen LogP contribution in [0.25, 0.3) is 0 Å². The Hall–Kier alpha value is -2.02. The number of nitrogens with zero attached hydrogens (tertiary/aromatic N) is 1. The number of amides is 1. The van der Waals surface area contributed by atoms with Crippen molar-refractivity contribution < 1.29 is 4.79 Å². The molecule has 0 saturated heterocycles. The Morgan fingerprint density at radius 1 is 1.42 bits per heavy atom. The molecule has 19 heavy (non-hydrogen) atoms. The summed E-state index contributed by atoms with van der Waals surface area (Å²) in [7, 11) is 0. The average Bonchev–Trinajstić information content (AvgIpc) is 2.46. The Labute approximate surface area is 113 Å². The highest BCUT2D eigenvalue weighted by atomic mass is 16.1. The van der Waals surface area contributed by atoms with Crippen molar-refractivity contribution in [2.75, 3.05) is 18.4 Å². The second-order valence-electron chi connectivity index (χ2n) is 4.76. The number of benzene rings is 1. The first kappa shape index (κ1) is 13.4. The number of anilines is 1. The van der Waals surface area contributed by atoms with Gasteiger partial charge in [0, 0.05) is 25.2 Å². The normalized spacial score (nSPS) is 16.9. The molecule has 4 heteroatoms. The Morgan fingerprint density at radius 2 is 2.26 bits per heavy atom. The third-order valence-electron chi connectivity index (χ3n) is 3.42.